The second-order valence-electron chi connectivity index (χ2n) is 6.25. The first-order valence-electron chi connectivity index (χ1n) is 8.56. The molecule has 0 aliphatic rings. The number of para-hydroxylation sites is 1. The summed E-state index contributed by atoms with van der Waals surface area (Å²) in [4.78, 5) is 28.3. The zero-order valence-electron chi connectivity index (χ0n) is 15.2. The lowest BCUT2D eigenvalue weighted by Gasteiger charge is -2.12. The van der Waals surface area contributed by atoms with Gasteiger partial charge < -0.3 is 10.6 Å². The number of carbonyl (C=O) groups is 2. The molecule has 2 N–H and O–H groups in total. The summed E-state index contributed by atoms with van der Waals surface area (Å²) >= 11 is 0. The molecule has 0 spiro atoms. The Morgan fingerprint density at radius 1 is 0.897 bits per heavy atom. The molecule has 1 heterocycles. The van der Waals surface area contributed by atoms with E-state index in [1.807, 2.05) is 13.0 Å². The summed E-state index contributed by atoms with van der Waals surface area (Å²) in [6.07, 6.45) is -3.75. The average Bonchev–Trinajstić information content (AvgIpc) is 2.68. The summed E-state index contributed by atoms with van der Waals surface area (Å²) < 4.78 is 37.8. The topological polar surface area (TPSA) is 71.1 Å². The summed E-state index contributed by atoms with van der Waals surface area (Å²) in [5.41, 5.74) is 0.853. The smallest absolute Gasteiger partial charge is 0.322 e. The van der Waals surface area contributed by atoms with E-state index in [2.05, 4.69) is 15.6 Å². The van der Waals surface area contributed by atoms with Crippen molar-refractivity contribution in [1.82, 2.24) is 4.98 Å². The summed E-state index contributed by atoms with van der Waals surface area (Å²) in [7, 11) is 0. The van der Waals surface area contributed by atoms with Crippen LogP contribution >= 0.6 is 0 Å². The van der Waals surface area contributed by atoms with Crippen LogP contribution in [0.2, 0.25) is 0 Å². The molecule has 5 nitrogen and oxygen atoms in total. The lowest BCUT2D eigenvalue weighted by molar-refractivity contribution is -0.141. The molecule has 8 heteroatoms. The molecule has 0 fully saturated rings. The first kappa shape index (κ1) is 20.1. The maximum Gasteiger partial charge on any atom is 0.433 e. The van der Waals surface area contributed by atoms with Crippen molar-refractivity contribution in [2.24, 2.45) is 0 Å². The molecule has 0 aliphatic carbocycles. The molecule has 0 unspecified atom stereocenters. The highest BCUT2D eigenvalue weighted by Crippen LogP contribution is 2.27. The number of rotatable bonds is 4. The van der Waals surface area contributed by atoms with Gasteiger partial charge in [-0.15, -0.1) is 0 Å². The van der Waals surface area contributed by atoms with E-state index in [4.69, 9.17) is 0 Å². The van der Waals surface area contributed by atoms with Crippen molar-refractivity contribution < 1.29 is 22.8 Å². The number of aryl methyl sites for hydroxylation is 1. The maximum atomic E-state index is 12.6. The Morgan fingerprint density at radius 2 is 1.66 bits per heavy atom. The van der Waals surface area contributed by atoms with Crippen LogP contribution in [0.1, 0.15) is 32.0 Å². The first-order valence-corrected chi connectivity index (χ1v) is 8.56. The van der Waals surface area contributed by atoms with Crippen LogP contribution in [0.5, 0.6) is 0 Å². The summed E-state index contributed by atoms with van der Waals surface area (Å²) in [5, 5.41) is 5.29. The van der Waals surface area contributed by atoms with Gasteiger partial charge in [-0.05, 0) is 48.9 Å². The number of pyridine rings is 1. The van der Waals surface area contributed by atoms with Crippen molar-refractivity contribution >= 4 is 23.2 Å². The van der Waals surface area contributed by atoms with Gasteiger partial charge in [0.25, 0.3) is 11.8 Å². The van der Waals surface area contributed by atoms with Gasteiger partial charge in [-0.3, -0.25) is 14.6 Å². The van der Waals surface area contributed by atoms with Crippen LogP contribution in [0.15, 0.2) is 66.9 Å². The minimum absolute atomic E-state index is 0.0631. The summed E-state index contributed by atoms with van der Waals surface area (Å²) in [6.45, 7) is 1.89. The van der Waals surface area contributed by atoms with Gasteiger partial charge >= 0.3 is 6.18 Å². The van der Waals surface area contributed by atoms with Gasteiger partial charge in [-0.2, -0.15) is 13.2 Å². The number of carbonyl (C=O) groups excluding carboxylic acids is 2. The normalized spacial score (nSPS) is 11.0. The molecule has 0 atom stereocenters. The summed E-state index contributed by atoms with van der Waals surface area (Å²) in [5.74, 6) is -1.11. The van der Waals surface area contributed by atoms with Crippen LogP contribution in [-0.4, -0.2) is 16.8 Å². The minimum atomic E-state index is -4.59. The standard InChI is InChI=1S/C21H16F3N3O2/c1-13-5-4-6-15(11-13)26-20(29)16-7-2-3-8-17(16)27-19(28)14-9-10-18(25-12-14)21(22,23)24/h2-12H,1H3,(H,26,29)(H,27,28). The minimum Gasteiger partial charge on any atom is -0.322 e. The number of nitrogens with zero attached hydrogens (tertiary/aromatic N) is 1. The molecule has 3 aromatic rings. The molecule has 0 saturated carbocycles. The number of hydrogen-bond donors (Lipinski definition) is 2. The van der Waals surface area contributed by atoms with Crippen molar-refractivity contribution in [1.29, 1.82) is 0 Å². The van der Waals surface area contributed by atoms with Crippen LogP contribution in [-0.2, 0) is 6.18 Å². The molecule has 3 rings (SSSR count). The number of nitrogens with one attached hydrogen (secondary N) is 2. The Bertz CT molecular complexity index is 1050. The highest BCUT2D eigenvalue weighted by Gasteiger charge is 2.32. The summed E-state index contributed by atoms with van der Waals surface area (Å²) in [6, 6.07) is 15.3. The quantitative estimate of drug-likeness (QED) is 0.655. The highest BCUT2D eigenvalue weighted by molar-refractivity contribution is 6.12. The van der Waals surface area contributed by atoms with Gasteiger partial charge in [-0.25, -0.2) is 0 Å². The van der Waals surface area contributed by atoms with E-state index in [1.54, 1.807) is 30.3 Å². The van der Waals surface area contributed by atoms with Crippen LogP contribution in [0.4, 0.5) is 24.5 Å². The predicted octanol–water partition coefficient (Wildman–Crippen LogP) is 4.91. The molecule has 29 heavy (non-hydrogen) atoms. The molecule has 2 amide bonds. The van der Waals surface area contributed by atoms with E-state index >= 15 is 0 Å². The zero-order chi connectivity index (χ0) is 21.0. The van der Waals surface area contributed by atoms with Gasteiger partial charge in [0.1, 0.15) is 5.69 Å². The number of alkyl halides is 3. The third kappa shape index (κ3) is 4.98. The highest BCUT2D eigenvalue weighted by atomic mass is 19.4. The monoisotopic (exact) mass is 399 g/mol. The Morgan fingerprint density at radius 3 is 2.31 bits per heavy atom. The fourth-order valence-corrected chi connectivity index (χ4v) is 2.60. The lowest BCUT2D eigenvalue weighted by atomic mass is 10.1. The fourth-order valence-electron chi connectivity index (χ4n) is 2.60. The molecule has 0 aliphatic heterocycles. The Balaban J connectivity index is 1.78. The Hall–Kier alpha value is -3.68. The predicted molar refractivity (Wildman–Crippen MR) is 103 cm³/mol. The van der Waals surface area contributed by atoms with Crippen molar-refractivity contribution in [3.8, 4) is 0 Å². The largest absolute Gasteiger partial charge is 0.433 e. The number of halogens is 3. The molecular formula is C21H16F3N3O2. The van der Waals surface area contributed by atoms with Crippen molar-refractivity contribution in [2.75, 3.05) is 10.6 Å². The van der Waals surface area contributed by atoms with Crippen molar-refractivity contribution in [3.05, 3.63) is 89.2 Å². The molecule has 0 saturated heterocycles. The van der Waals surface area contributed by atoms with Crippen LogP contribution in [0.3, 0.4) is 0 Å². The average molecular weight is 399 g/mol. The van der Waals surface area contributed by atoms with E-state index < -0.39 is 23.7 Å². The van der Waals surface area contributed by atoms with Crippen LogP contribution in [0, 0.1) is 6.92 Å². The van der Waals surface area contributed by atoms with Gasteiger partial charge in [-0.1, -0.05) is 24.3 Å². The van der Waals surface area contributed by atoms with E-state index in [1.165, 1.54) is 12.1 Å². The maximum absolute atomic E-state index is 12.6. The second-order valence-corrected chi connectivity index (χ2v) is 6.25. The molecule has 148 valence electrons. The van der Waals surface area contributed by atoms with Crippen molar-refractivity contribution in [3.63, 3.8) is 0 Å². The molecule has 1 aromatic heterocycles. The number of anilines is 2. The van der Waals surface area contributed by atoms with E-state index in [0.717, 1.165) is 23.9 Å². The third-order valence-corrected chi connectivity index (χ3v) is 4.01. The Labute approximate surface area is 164 Å². The van der Waals surface area contributed by atoms with Gasteiger partial charge in [0.05, 0.1) is 16.8 Å². The third-order valence-electron chi connectivity index (χ3n) is 4.01. The number of amides is 2. The molecule has 0 bridgehead atoms. The van der Waals surface area contributed by atoms with Crippen LogP contribution in [0.25, 0.3) is 0 Å². The SMILES string of the molecule is Cc1cccc(NC(=O)c2ccccc2NC(=O)c2ccc(C(F)(F)F)nc2)c1. The Kier molecular flexibility index (Phi) is 5.63. The van der Waals surface area contributed by atoms with E-state index in [0.29, 0.717) is 5.69 Å². The van der Waals surface area contributed by atoms with Crippen molar-refractivity contribution in [2.45, 2.75) is 13.1 Å². The molecular weight excluding hydrogens is 383 g/mol. The number of benzene rings is 2. The van der Waals surface area contributed by atoms with Crippen LogP contribution < -0.4 is 10.6 Å². The first-order chi connectivity index (χ1) is 13.7. The second kappa shape index (κ2) is 8.14. The number of hydrogen-bond acceptors (Lipinski definition) is 3. The molecule has 2 aromatic carbocycles. The number of aromatic nitrogens is 1. The fraction of sp³-hybridized carbons (Fsp3) is 0.0952. The van der Waals surface area contributed by atoms with Gasteiger partial charge in [0, 0.05) is 11.9 Å². The zero-order valence-corrected chi connectivity index (χ0v) is 15.2. The van der Waals surface area contributed by atoms with Gasteiger partial charge in [0.2, 0.25) is 0 Å². The lowest BCUT2D eigenvalue weighted by Crippen LogP contribution is -2.19. The molecule has 0 radical (unpaired) electrons. The van der Waals surface area contributed by atoms with E-state index in [9.17, 15) is 22.8 Å². The van der Waals surface area contributed by atoms with E-state index in [-0.39, 0.29) is 16.8 Å². The van der Waals surface area contributed by atoms with Gasteiger partial charge in [0.15, 0.2) is 0 Å².